The number of nitrogens with zero attached hydrogens (tertiary/aromatic N) is 2. The number of carbonyl (C=O) groups excluding carboxylic acids is 3. The molecule has 0 radical (unpaired) electrons. The molecule has 0 saturated carbocycles. The SMILES string of the molecule is CCOC(=O)[C@]1(C#N)[C@@H](c2ccccc2)C(C(=O)OC)=C(CC(=O)OC)N2C=Cc3ccccc3[C@H]21. The summed E-state index contributed by atoms with van der Waals surface area (Å²) in [7, 11) is 2.48. The number of benzene rings is 2. The van der Waals surface area contributed by atoms with Crippen LogP contribution in [0.1, 0.15) is 42.0 Å². The van der Waals surface area contributed by atoms with E-state index in [2.05, 4.69) is 6.07 Å². The van der Waals surface area contributed by atoms with Gasteiger partial charge in [0.05, 0.1) is 44.9 Å². The molecule has 2 aliphatic heterocycles. The smallest absolute Gasteiger partial charge is 0.336 e. The zero-order valence-corrected chi connectivity index (χ0v) is 20.3. The zero-order valence-electron chi connectivity index (χ0n) is 20.3. The molecule has 2 aliphatic rings. The van der Waals surface area contributed by atoms with Crippen molar-refractivity contribution in [1.82, 2.24) is 4.90 Å². The van der Waals surface area contributed by atoms with Crippen LogP contribution in [0, 0.1) is 16.7 Å². The standard InChI is InChI=1S/C28H26N2O6/c1-4-36-27(33)28(17-29)24(19-11-6-5-7-12-19)23(26(32)35-3)21(16-22(31)34-2)30-15-14-18-10-8-9-13-20(18)25(28)30/h5-15,24-25H,4,16H2,1-3H3/t24-,25-,28+/m0/s1. The number of ether oxygens (including phenoxy) is 3. The molecule has 3 atom stereocenters. The summed E-state index contributed by atoms with van der Waals surface area (Å²) < 4.78 is 15.6. The number of rotatable bonds is 6. The van der Waals surface area contributed by atoms with Crippen LogP contribution in [0.15, 0.2) is 72.1 Å². The Labute approximate surface area is 209 Å². The Morgan fingerprint density at radius 2 is 1.72 bits per heavy atom. The molecular formula is C28H26N2O6. The van der Waals surface area contributed by atoms with Crippen LogP contribution in [0.2, 0.25) is 0 Å². The van der Waals surface area contributed by atoms with Crippen molar-refractivity contribution in [2.24, 2.45) is 5.41 Å². The van der Waals surface area contributed by atoms with Crippen LogP contribution >= 0.6 is 0 Å². The number of esters is 3. The topological polar surface area (TPSA) is 106 Å². The second-order valence-electron chi connectivity index (χ2n) is 8.40. The van der Waals surface area contributed by atoms with Crippen molar-refractivity contribution in [2.45, 2.75) is 25.3 Å². The molecule has 0 amide bonds. The molecule has 0 bridgehead atoms. The molecule has 0 aromatic heterocycles. The number of methoxy groups -OCH3 is 2. The summed E-state index contributed by atoms with van der Waals surface area (Å²) in [5, 5.41) is 10.9. The number of hydrogen-bond donors (Lipinski definition) is 0. The fourth-order valence-electron chi connectivity index (χ4n) is 5.18. The van der Waals surface area contributed by atoms with Crippen molar-refractivity contribution in [3.8, 4) is 6.07 Å². The maximum atomic E-state index is 13.9. The Balaban J connectivity index is 2.16. The lowest BCUT2D eigenvalue weighted by Crippen LogP contribution is -2.54. The molecular weight excluding hydrogens is 460 g/mol. The lowest BCUT2D eigenvalue weighted by Gasteiger charge is -2.51. The molecule has 2 heterocycles. The van der Waals surface area contributed by atoms with Crippen molar-refractivity contribution in [2.75, 3.05) is 20.8 Å². The summed E-state index contributed by atoms with van der Waals surface area (Å²) in [4.78, 5) is 41.5. The minimum absolute atomic E-state index is 0.0315. The van der Waals surface area contributed by atoms with Crippen LogP contribution in [-0.4, -0.2) is 43.6 Å². The Morgan fingerprint density at radius 3 is 2.36 bits per heavy atom. The van der Waals surface area contributed by atoms with Gasteiger partial charge in [-0.3, -0.25) is 9.59 Å². The van der Waals surface area contributed by atoms with Crippen LogP contribution in [0.4, 0.5) is 0 Å². The van der Waals surface area contributed by atoms with Gasteiger partial charge in [-0.15, -0.1) is 0 Å². The van der Waals surface area contributed by atoms with Crippen LogP contribution in [0.25, 0.3) is 6.08 Å². The third-order valence-electron chi connectivity index (χ3n) is 6.66. The monoisotopic (exact) mass is 486 g/mol. The Bertz CT molecular complexity index is 1290. The summed E-state index contributed by atoms with van der Waals surface area (Å²) in [6.45, 7) is 1.70. The fourth-order valence-corrected chi connectivity index (χ4v) is 5.18. The van der Waals surface area contributed by atoms with E-state index in [1.807, 2.05) is 30.3 Å². The zero-order chi connectivity index (χ0) is 25.9. The van der Waals surface area contributed by atoms with Crippen molar-refractivity contribution >= 4 is 24.0 Å². The lowest BCUT2D eigenvalue weighted by atomic mass is 9.59. The van der Waals surface area contributed by atoms with Gasteiger partial charge in [0.25, 0.3) is 0 Å². The van der Waals surface area contributed by atoms with E-state index in [9.17, 15) is 19.6 Å². The summed E-state index contributed by atoms with van der Waals surface area (Å²) in [5.41, 5.74) is 0.496. The van der Waals surface area contributed by atoms with E-state index in [4.69, 9.17) is 14.2 Å². The van der Waals surface area contributed by atoms with Crippen molar-refractivity contribution in [1.29, 1.82) is 5.26 Å². The summed E-state index contributed by atoms with van der Waals surface area (Å²) in [6.07, 6.45) is 3.23. The molecule has 0 fully saturated rings. The van der Waals surface area contributed by atoms with Gasteiger partial charge in [-0.2, -0.15) is 5.26 Å². The van der Waals surface area contributed by atoms with E-state index in [1.54, 1.807) is 48.4 Å². The van der Waals surface area contributed by atoms with Gasteiger partial charge >= 0.3 is 17.9 Å². The van der Waals surface area contributed by atoms with Crippen molar-refractivity contribution < 1.29 is 28.6 Å². The summed E-state index contributed by atoms with van der Waals surface area (Å²) in [5.74, 6) is -3.18. The maximum Gasteiger partial charge on any atom is 0.336 e. The van der Waals surface area contributed by atoms with Crippen LogP contribution in [-0.2, 0) is 28.6 Å². The highest BCUT2D eigenvalue weighted by Gasteiger charge is 2.63. The molecule has 36 heavy (non-hydrogen) atoms. The molecule has 8 nitrogen and oxygen atoms in total. The van der Waals surface area contributed by atoms with Crippen LogP contribution < -0.4 is 0 Å². The molecule has 0 unspecified atom stereocenters. The molecule has 0 N–H and O–H groups in total. The van der Waals surface area contributed by atoms with Gasteiger partial charge in [0.2, 0.25) is 0 Å². The largest absolute Gasteiger partial charge is 0.469 e. The molecule has 0 spiro atoms. The highest BCUT2D eigenvalue weighted by Crippen LogP contribution is 2.59. The lowest BCUT2D eigenvalue weighted by molar-refractivity contribution is -0.157. The molecule has 2 aromatic rings. The Hall–Kier alpha value is -4.38. The van der Waals surface area contributed by atoms with E-state index >= 15 is 0 Å². The molecule has 4 rings (SSSR count). The third-order valence-corrected chi connectivity index (χ3v) is 6.66. The first-order chi connectivity index (χ1) is 17.4. The van der Waals surface area contributed by atoms with Gasteiger partial charge in [-0.05, 0) is 29.7 Å². The van der Waals surface area contributed by atoms with Gasteiger partial charge in [0, 0.05) is 17.8 Å². The van der Waals surface area contributed by atoms with Crippen molar-refractivity contribution in [3.63, 3.8) is 0 Å². The summed E-state index contributed by atoms with van der Waals surface area (Å²) >= 11 is 0. The first-order valence-electron chi connectivity index (χ1n) is 11.5. The first kappa shape index (κ1) is 24.7. The van der Waals surface area contributed by atoms with Gasteiger partial charge in [0.1, 0.15) is 0 Å². The second-order valence-corrected chi connectivity index (χ2v) is 8.40. The highest BCUT2D eigenvalue weighted by atomic mass is 16.5. The minimum Gasteiger partial charge on any atom is -0.469 e. The van der Waals surface area contributed by atoms with Gasteiger partial charge in [-0.25, -0.2) is 4.79 Å². The fraction of sp³-hybridized carbons (Fsp3) is 0.286. The van der Waals surface area contributed by atoms with Crippen LogP contribution in [0.5, 0.6) is 0 Å². The highest BCUT2D eigenvalue weighted by molar-refractivity contribution is 5.97. The minimum atomic E-state index is -1.89. The maximum absolute atomic E-state index is 13.9. The number of hydrogen-bond acceptors (Lipinski definition) is 8. The van der Waals surface area contributed by atoms with E-state index < -0.39 is 35.3 Å². The number of fused-ring (bicyclic) bond motifs is 3. The van der Waals surface area contributed by atoms with Crippen LogP contribution in [0.3, 0.4) is 0 Å². The normalized spacial score (nSPS) is 22.1. The Morgan fingerprint density at radius 1 is 1.03 bits per heavy atom. The molecule has 2 aromatic carbocycles. The summed E-state index contributed by atoms with van der Waals surface area (Å²) in [6, 6.07) is 17.6. The molecule has 0 aliphatic carbocycles. The van der Waals surface area contributed by atoms with Gasteiger partial charge in [0.15, 0.2) is 5.41 Å². The van der Waals surface area contributed by atoms with E-state index in [-0.39, 0.29) is 18.6 Å². The predicted molar refractivity (Wildman–Crippen MR) is 130 cm³/mol. The van der Waals surface area contributed by atoms with Gasteiger partial charge in [-0.1, -0.05) is 54.6 Å². The number of nitriles is 1. The Kier molecular flexibility index (Phi) is 6.93. The van der Waals surface area contributed by atoms with E-state index in [0.717, 1.165) is 5.56 Å². The third kappa shape index (κ3) is 3.83. The van der Waals surface area contributed by atoms with Crippen molar-refractivity contribution in [3.05, 3.63) is 88.8 Å². The second kappa shape index (κ2) is 10.1. The van der Waals surface area contributed by atoms with E-state index in [0.29, 0.717) is 16.8 Å². The predicted octanol–water partition coefficient (Wildman–Crippen LogP) is 3.87. The first-order valence-corrected chi connectivity index (χ1v) is 11.5. The molecule has 0 saturated heterocycles. The van der Waals surface area contributed by atoms with Gasteiger partial charge < -0.3 is 19.1 Å². The number of carbonyl (C=O) groups is 3. The molecule has 8 heteroatoms. The average Bonchev–Trinajstić information content (AvgIpc) is 2.92. The van der Waals surface area contributed by atoms with E-state index in [1.165, 1.54) is 14.2 Å². The quantitative estimate of drug-likeness (QED) is 0.448. The average molecular weight is 487 g/mol. The molecule has 184 valence electrons.